The van der Waals surface area contributed by atoms with Crippen LogP contribution in [0.4, 0.5) is 17.6 Å². The van der Waals surface area contributed by atoms with E-state index in [4.69, 9.17) is 4.74 Å². The van der Waals surface area contributed by atoms with Crippen LogP contribution in [0.1, 0.15) is 46.4 Å². The summed E-state index contributed by atoms with van der Waals surface area (Å²) in [6, 6.07) is 3.29. The van der Waals surface area contributed by atoms with Crippen LogP contribution in [0.3, 0.4) is 0 Å². The first-order valence-corrected chi connectivity index (χ1v) is 11.9. The highest BCUT2D eigenvalue weighted by atomic mass is 79.9. The van der Waals surface area contributed by atoms with Crippen LogP contribution in [0.5, 0.6) is 5.75 Å². The Hall–Kier alpha value is -1.99. The van der Waals surface area contributed by atoms with Crippen molar-refractivity contribution >= 4 is 65.7 Å². The molecule has 0 saturated heterocycles. The normalized spacial score (nSPS) is 17.9. The molecular formula is C21H12Br3F4O6-. The minimum absolute atomic E-state index is 0.103. The molecule has 0 bridgehead atoms. The van der Waals surface area contributed by atoms with Gasteiger partial charge in [-0.25, -0.2) is 13.6 Å². The molecule has 0 aromatic heterocycles. The van der Waals surface area contributed by atoms with Gasteiger partial charge >= 0.3 is 11.9 Å². The number of hydrogen-bond acceptors (Lipinski definition) is 6. The molecule has 0 radical (unpaired) electrons. The molecule has 1 saturated carbocycles. The average Bonchev–Trinajstić information content (AvgIpc) is 2.78. The van der Waals surface area contributed by atoms with E-state index in [1.54, 1.807) is 12.1 Å². The van der Waals surface area contributed by atoms with Crippen molar-refractivity contribution in [2.75, 3.05) is 0 Å². The van der Waals surface area contributed by atoms with Crippen molar-refractivity contribution < 1.29 is 46.5 Å². The molecule has 0 spiro atoms. The van der Waals surface area contributed by atoms with E-state index in [0.717, 1.165) is 0 Å². The first-order valence-electron chi connectivity index (χ1n) is 9.56. The van der Waals surface area contributed by atoms with Crippen LogP contribution in [0.15, 0.2) is 25.6 Å². The molecule has 13 heteroatoms. The minimum Gasteiger partial charge on any atom is -0.545 e. The van der Waals surface area contributed by atoms with Gasteiger partial charge in [-0.3, -0.25) is 4.79 Å². The van der Waals surface area contributed by atoms with Crippen molar-refractivity contribution in [3.8, 4) is 5.75 Å². The largest absolute Gasteiger partial charge is 0.545 e. The van der Waals surface area contributed by atoms with Crippen LogP contribution < -0.4 is 9.84 Å². The third kappa shape index (κ3) is 5.46. The number of hydrogen-bond donors (Lipinski definition) is 0. The molecule has 0 heterocycles. The quantitative estimate of drug-likeness (QED) is 0.187. The molecule has 0 unspecified atom stereocenters. The van der Waals surface area contributed by atoms with Gasteiger partial charge in [-0.1, -0.05) is 15.9 Å². The van der Waals surface area contributed by atoms with Gasteiger partial charge in [0, 0.05) is 13.4 Å². The van der Waals surface area contributed by atoms with Gasteiger partial charge in [-0.15, -0.1) is 0 Å². The van der Waals surface area contributed by atoms with Crippen LogP contribution >= 0.6 is 47.8 Å². The summed E-state index contributed by atoms with van der Waals surface area (Å²) in [5.74, 6) is -15.6. The van der Waals surface area contributed by atoms with Gasteiger partial charge in [0.15, 0.2) is 11.6 Å². The van der Waals surface area contributed by atoms with Crippen LogP contribution in [0.25, 0.3) is 0 Å². The minimum atomic E-state index is -2.47. The predicted octanol–water partition coefficient (Wildman–Crippen LogP) is 5.22. The third-order valence-electron chi connectivity index (χ3n) is 5.12. The number of carbonyl (C=O) groups is 3. The molecule has 6 nitrogen and oxygen atoms in total. The summed E-state index contributed by atoms with van der Waals surface area (Å²) < 4.78 is 67.4. The Kier molecular flexibility index (Phi) is 8.40. The van der Waals surface area contributed by atoms with Crippen molar-refractivity contribution in [3.05, 3.63) is 59.9 Å². The molecule has 2 aromatic rings. The fourth-order valence-corrected chi connectivity index (χ4v) is 5.02. The number of carbonyl (C=O) groups excluding carboxylic acids is 3. The van der Waals surface area contributed by atoms with Crippen LogP contribution in [0.2, 0.25) is 0 Å². The summed E-state index contributed by atoms with van der Waals surface area (Å²) in [4.78, 5) is 35.6. The van der Waals surface area contributed by atoms with Crippen molar-refractivity contribution in [2.24, 2.45) is 5.92 Å². The number of aromatic carboxylic acids is 1. The van der Waals surface area contributed by atoms with Crippen LogP contribution in [-0.4, -0.2) is 24.0 Å². The number of ether oxygens (including phenoxy) is 2. The van der Waals surface area contributed by atoms with Crippen molar-refractivity contribution in [1.82, 2.24) is 0 Å². The summed E-state index contributed by atoms with van der Waals surface area (Å²) in [5, 5.41) is 10.7. The lowest BCUT2D eigenvalue weighted by Gasteiger charge is -2.27. The van der Waals surface area contributed by atoms with E-state index in [9.17, 15) is 37.1 Å². The van der Waals surface area contributed by atoms with E-state index < -0.39 is 64.5 Å². The predicted molar refractivity (Wildman–Crippen MR) is 117 cm³/mol. The van der Waals surface area contributed by atoms with E-state index in [1.165, 1.54) is 0 Å². The van der Waals surface area contributed by atoms with Crippen LogP contribution in [0, 0.1) is 29.2 Å². The summed E-state index contributed by atoms with van der Waals surface area (Å²) in [5.41, 5.74) is -1.68. The maximum absolute atomic E-state index is 14.0. The fraction of sp³-hybridized carbons (Fsp3) is 0.286. The molecule has 182 valence electrons. The van der Waals surface area contributed by atoms with Gasteiger partial charge < -0.3 is 19.4 Å². The van der Waals surface area contributed by atoms with Gasteiger partial charge in [0.25, 0.3) is 0 Å². The number of benzene rings is 2. The number of rotatable bonds is 5. The van der Waals surface area contributed by atoms with E-state index in [1.807, 2.05) is 0 Å². The van der Waals surface area contributed by atoms with Gasteiger partial charge in [0.2, 0.25) is 17.4 Å². The van der Waals surface area contributed by atoms with Gasteiger partial charge in [-0.2, -0.15) is 8.78 Å². The zero-order chi connectivity index (χ0) is 25.3. The third-order valence-corrected chi connectivity index (χ3v) is 7.59. The molecule has 1 fully saturated rings. The Bertz CT molecular complexity index is 1150. The monoisotopic (exact) mass is 673 g/mol. The number of carboxylic acid groups (broad SMARTS) is 1. The molecule has 0 N–H and O–H groups in total. The van der Waals surface area contributed by atoms with E-state index in [2.05, 4.69) is 52.5 Å². The summed E-state index contributed by atoms with van der Waals surface area (Å²) in [6.45, 7) is 0. The highest BCUT2D eigenvalue weighted by Gasteiger charge is 2.34. The molecule has 34 heavy (non-hydrogen) atoms. The number of carboxylic acids is 1. The van der Waals surface area contributed by atoms with Crippen molar-refractivity contribution in [1.29, 1.82) is 0 Å². The molecule has 2 aromatic carbocycles. The van der Waals surface area contributed by atoms with Gasteiger partial charge in [-0.05, 0) is 69.7 Å². The smallest absolute Gasteiger partial charge is 0.339 e. The number of esters is 2. The first-order chi connectivity index (χ1) is 15.9. The molecule has 0 atom stereocenters. The lowest BCUT2D eigenvalue weighted by atomic mass is 9.87. The van der Waals surface area contributed by atoms with Crippen LogP contribution in [-0.2, 0) is 9.53 Å². The van der Waals surface area contributed by atoms with E-state index in [0.29, 0.717) is 13.4 Å². The lowest BCUT2D eigenvalue weighted by molar-refractivity contribution is -0.255. The standard InChI is InChI=1S/C21H13Br3F4O6/c22-8-5-10(13(24)11(23)6-8)21(32)33-9-3-1-7(2-4-9)20(31)34-18-16(27)14(25)12(19(29)30)15(26)17(18)28/h5-7,9H,1-4H2,(H,29,30)/p-1. The average molecular weight is 676 g/mol. The topological polar surface area (TPSA) is 92.7 Å². The summed E-state index contributed by atoms with van der Waals surface area (Å²) in [6.07, 6.45) is 0.0919. The second-order valence-corrected chi connectivity index (χ2v) is 9.86. The summed E-state index contributed by atoms with van der Waals surface area (Å²) >= 11 is 9.88. The molecule has 1 aliphatic rings. The Morgan fingerprint density at radius 3 is 1.97 bits per heavy atom. The van der Waals surface area contributed by atoms with Gasteiger partial charge in [0.05, 0.1) is 23.0 Å². The first kappa shape index (κ1) is 26.6. The SMILES string of the molecule is O=C(OC1CCC(C(=O)Oc2c(F)c(F)c(C(=O)[O-])c(F)c2F)CC1)c1cc(Br)cc(Br)c1Br. The second-order valence-electron chi connectivity index (χ2n) is 7.30. The highest BCUT2D eigenvalue weighted by molar-refractivity contribution is 9.13. The molecule has 1 aliphatic carbocycles. The van der Waals surface area contributed by atoms with Gasteiger partial charge in [0.1, 0.15) is 6.10 Å². The highest BCUT2D eigenvalue weighted by Crippen LogP contribution is 2.35. The van der Waals surface area contributed by atoms with Crippen molar-refractivity contribution in [2.45, 2.75) is 31.8 Å². The molecule has 0 amide bonds. The fourth-order valence-electron chi connectivity index (χ4n) is 3.40. The maximum atomic E-state index is 14.0. The maximum Gasteiger partial charge on any atom is 0.339 e. The molecule has 3 rings (SSSR count). The summed E-state index contributed by atoms with van der Waals surface area (Å²) in [7, 11) is 0. The Labute approximate surface area is 215 Å². The number of halogens is 7. The zero-order valence-electron chi connectivity index (χ0n) is 16.7. The van der Waals surface area contributed by atoms with E-state index >= 15 is 0 Å². The zero-order valence-corrected chi connectivity index (χ0v) is 21.5. The Balaban J connectivity index is 1.65. The Morgan fingerprint density at radius 1 is 0.882 bits per heavy atom. The lowest BCUT2D eigenvalue weighted by Crippen LogP contribution is -2.31. The van der Waals surface area contributed by atoms with Crippen molar-refractivity contribution in [3.63, 3.8) is 0 Å². The second kappa shape index (κ2) is 10.7. The molecule has 0 aliphatic heterocycles. The molecular weight excluding hydrogens is 664 g/mol. The van der Waals surface area contributed by atoms with E-state index in [-0.39, 0.29) is 31.2 Å². The Morgan fingerprint density at radius 2 is 1.44 bits per heavy atom.